The van der Waals surface area contributed by atoms with Gasteiger partial charge in [-0.2, -0.15) is 0 Å². The van der Waals surface area contributed by atoms with Crippen LogP contribution in [0.3, 0.4) is 0 Å². The third kappa shape index (κ3) is 3.71. The minimum atomic E-state index is 0. The van der Waals surface area contributed by atoms with Crippen LogP contribution in [0.2, 0.25) is 0 Å². The van der Waals surface area contributed by atoms with Gasteiger partial charge in [-0.05, 0) is 24.3 Å². The van der Waals surface area contributed by atoms with Crippen LogP contribution in [0.25, 0.3) is 0 Å². The largest absolute Gasteiger partial charge is 0.292 e. The number of carbonyl (C=O) groups excluding carboxylic acids is 1. The fourth-order valence-electron chi connectivity index (χ4n) is 2.14. The molecule has 0 N–H and O–H groups in total. The highest BCUT2D eigenvalue weighted by molar-refractivity contribution is 8.93. The lowest BCUT2D eigenvalue weighted by Crippen LogP contribution is -2.02. The number of Topliss-reactive ketones (excluding diaryl/α,β-unsaturated/α-hetero) is 1. The predicted octanol–water partition coefficient (Wildman–Crippen LogP) is 3.62. The molecule has 20 heavy (non-hydrogen) atoms. The third-order valence-corrected chi connectivity index (χ3v) is 4.88. The first kappa shape index (κ1) is 15.7. The number of ketones is 1. The van der Waals surface area contributed by atoms with Crippen molar-refractivity contribution >= 4 is 45.9 Å². The molecule has 1 aliphatic rings. The number of aromatic nitrogens is 3. The molecular weight excluding hydrogens is 358 g/mol. The summed E-state index contributed by atoms with van der Waals surface area (Å²) in [6.45, 7) is 0.960. The number of fused-ring (bicyclic) bond motifs is 1. The molecule has 0 radical (unpaired) electrons. The van der Waals surface area contributed by atoms with E-state index in [1.54, 1.807) is 0 Å². The quantitative estimate of drug-likeness (QED) is 0.606. The molecule has 0 saturated heterocycles. The molecule has 2 aromatic rings. The van der Waals surface area contributed by atoms with Gasteiger partial charge in [-0.25, -0.2) is 9.67 Å². The first-order valence-electron chi connectivity index (χ1n) is 6.46. The molecule has 3 rings (SSSR count). The highest BCUT2D eigenvalue weighted by Gasteiger charge is 2.14. The van der Waals surface area contributed by atoms with Crippen molar-refractivity contribution in [1.29, 1.82) is 0 Å². The maximum Gasteiger partial charge on any atom is 0.209 e. The molecule has 4 nitrogen and oxygen atoms in total. The second-order valence-electron chi connectivity index (χ2n) is 4.53. The molecule has 0 amide bonds. The first-order valence-corrected chi connectivity index (χ1v) is 8.33. The predicted molar refractivity (Wildman–Crippen MR) is 87.3 cm³/mol. The average Bonchev–Trinajstić information content (AvgIpc) is 3.02. The number of hydrogen-bond donors (Lipinski definition) is 0. The van der Waals surface area contributed by atoms with Crippen LogP contribution in [0.5, 0.6) is 0 Å². The van der Waals surface area contributed by atoms with E-state index in [9.17, 15) is 4.79 Å². The Kier molecular flexibility index (Phi) is 5.80. The SMILES string of the molecule is Br.O=C(CSc1nc2n(n1)CCCCC2)c1cccs1. The van der Waals surface area contributed by atoms with Crippen LogP contribution in [0.1, 0.15) is 34.8 Å². The van der Waals surface area contributed by atoms with Gasteiger partial charge in [0.25, 0.3) is 0 Å². The van der Waals surface area contributed by atoms with E-state index >= 15 is 0 Å². The van der Waals surface area contributed by atoms with Crippen molar-refractivity contribution in [1.82, 2.24) is 14.8 Å². The number of aryl methyl sites for hydroxylation is 2. The van der Waals surface area contributed by atoms with E-state index in [1.807, 2.05) is 22.2 Å². The van der Waals surface area contributed by atoms with Crippen molar-refractivity contribution in [2.45, 2.75) is 37.4 Å². The van der Waals surface area contributed by atoms with Crippen molar-refractivity contribution in [3.05, 3.63) is 28.2 Å². The molecule has 3 heterocycles. The Labute approximate surface area is 136 Å². The molecule has 0 unspecified atom stereocenters. The van der Waals surface area contributed by atoms with Crippen LogP contribution >= 0.6 is 40.1 Å². The van der Waals surface area contributed by atoms with E-state index < -0.39 is 0 Å². The zero-order chi connectivity index (χ0) is 13.1. The number of rotatable bonds is 4. The zero-order valence-corrected chi connectivity index (χ0v) is 14.3. The Morgan fingerprint density at radius 3 is 3.10 bits per heavy atom. The summed E-state index contributed by atoms with van der Waals surface area (Å²) in [5.41, 5.74) is 0. The van der Waals surface area contributed by atoms with Crippen LogP contribution in [-0.4, -0.2) is 26.3 Å². The molecule has 1 aliphatic heterocycles. The van der Waals surface area contributed by atoms with Crippen LogP contribution in [0.15, 0.2) is 22.7 Å². The molecule has 0 saturated carbocycles. The van der Waals surface area contributed by atoms with Gasteiger partial charge in [0.15, 0.2) is 5.78 Å². The number of thioether (sulfide) groups is 1. The summed E-state index contributed by atoms with van der Waals surface area (Å²) < 4.78 is 2.00. The Morgan fingerprint density at radius 1 is 1.40 bits per heavy atom. The van der Waals surface area contributed by atoms with Gasteiger partial charge < -0.3 is 0 Å². The Hall–Kier alpha value is -0.660. The van der Waals surface area contributed by atoms with Crippen molar-refractivity contribution in [3.63, 3.8) is 0 Å². The van der Waals surface area contributed by atoms with Crippen molar-refractivity contribution < 1.29 is 4.79 Å². The van der Waals surface area contributed by atoms with E-state index in [0.717, 1.165) is 28.8 Å². The number of carbonyl (C=O) groups is 1. The molecule has 0 spiro atoms. The van der Waals surface area contributed by atoms with Crippen molar-refractivity contribution in [2.24, 2.45) is 0 Å². The summed E-state index contributed by atoms with van der Waals surface area (Å²) in [5.74, 6) is 1.65. The summed E-state index contributed by atoms with van der Waals surface area (Å²) in [6, 6.07) is 3.77. The summed E-state index contributed by atoms with van der Waals surface area (Å²) in [6.07, 6.45) is 4.63. The second kappa shape index (κ2) is 7.38. The molecule has 7 heteroatoms. The maximum atomic E-state index is 11.9. The zero-order valence-electron chi connectivity index (χ0n) is 10.9. The highest BCUT2D eigenvalue weighted by atomic mass is 79.9. The molecule has 0 aliphatic carbocycles. The third-order valence-electron chi connectivity index (χ3n) is 3.13. The van der Waals surface area contributed by atoms with E-state index in [-0.39, 0.29) is 22.8 Å². The average molecular weight is 374 g/mol. The second-order valence-corrected chi connectivity index (χ2v) is 6.42. The van der Waals surface area contributed by atoms with Gasteiger partial charge in [-0.1, -0.05) is 24.2 Å². The lowest BCUT2D eigenvalue weighted by molar-refractivity contribution is 0.102. The molecule has 0 fully saturated rings. The monoisotopic (exact) mass is 373 g/mol. The standard InChI is InChI=1S/C13H15N3OS2.BrH/c17-10(11-5-4-8-18-11)9-19-13-14-12-6-2-1-3-7-16(12)15-13;/h4-5,8H,1-3,6-7,9H2;1H. The van der Waals surface area contributed by atoms with Gasteiger partial charge in [-0.3, -0.25) is 4.79 Å². The molecule has 0 atom stereocenters. The van der Waals surface area contributed by atoms with Gasteiger partial charge in [0, 0.05) is 13.0 Å². The summed E-state index contributed by atoms with van der Waals surface area (Å²) in [7, 11) is 0. The minimum absolute atomic E-state index is 0. The van der Waals surface area contributed by atoms with Crippen LogP contribution in [-0.2, 0) is 13.0 Å². The smallest absolute Gasteiger partial charge is 0.209 e. The fraction of sp³-hybridized carbons (Fsp3) is 0.462. The van der Waals surface area contributed by atoms with Crippen molar-refractivity contribution in [2.75, 3.05) is 5.75 Å². The van der Waals surface area contributed by atoms with Gasteiger partial charge in [-0.15, -0.1) is 33.4 Å². The summed E-state index contributed by atoms with van der Waals surface area (Å²) in [4.78, 5) is 17.2. The molecule has 0 aromatic carbocycles. The topological polar surface area (TPSA) is 47.8 Å². The van der Waals surface area contributed by atoms with Gasteiger partial charge >= 0.3 is 0 Å². The van der Waals surface area contributed by atoms with E-state index in [4.69, 9.17) is 0 Å². The highest BCUT2D eigenvalue weighted by Crippen LogP contribution is 2.20. The maximum absolute atomic E-state index is 11.9. The van der Waals surface area contributed by atoms with E-state index in [2.05, 4.69) is 10.1 Å². The van der Waals surface area contributed by atoms with Crippen LogP contribution in [0.4, 0.5) is 0 Å². The summed E-state index contributed by atoms with van der Waals surface area (Å²) in [5, 5.41) is 7.15. The number of nitrogens with zero attached hydrogens (tertiary/aromatic N) is 3. The van der Waals surface area contributed by atoms with E-state index in [0.29, 0.717) is 5.75 Å². The van der Waals surface area contributed by atoms with Crippen LogP contribution in [0, 0.1) is 0 Å². The van der Waals surface area contributed by atoms with Crippen molar-refractivity contribution in [3.8, 4) is 0 Å². The Morgan fingerprint density at radius 2 is 2.30 bits per heavy atom. The molecular formula is C13H16BrN3OS2. The minimum Gasteiger partial charge on any atom is -0.292 e. The van der Waals surface area contributed by atoms with Gasteiger partial charge in [0.05, 0.1) is 10.6 Å². The number of halogens is 1. The lowest BCUT2D eigenvalue weighted by Gasteiger charge is -1.97. The van der Waals surface area contributed by atoms with Gasteiger partial charge in [0.2, 0.25) is 5.16 Å². The molecule has 2 aromatic heterocycles. The first-order chi connectivity index (χ1) is 9.33. The number of thiophene rings is 1. The van der Waals surface area contributed by atoms with Gasteiger partial charge in [0.1, 0.15) is 5.82 Å². The lowest BCUT2D eigenvalue weighted by atomic mass is 10.2. The fourth-order valence-corrected chi connectivity index (χ4v) is 3.63. The molecule has 0 bridgehead atoms. The normalized spacial score (nSPS) is 14.2. The van der Waals surface area contributed by atoms with Crippen LogP contribution < -0.4 is 0 Å². The Bertz CT molecular complexity index is 545. The molecule has 108 valence electrons. The summed E-state index contributed by atoms with van der Waals surface area (Å²) >= 11 is 2.93. The van der Waals surface area contributed by atoms with E-state index in [1.165, 1.54) is 42.4 Å². The Balaban J connectivity index is 0.00000147. The number of hydrogen-bond acceptors (Lipinski definition) is 5.